The molecule has 0 fully saturated rings. The molecule has 0 saturated heterocycles. The van der Waals surface area contributed by atoms with E-state index in [9.17, 15) is 9.18 Å². The third kappa shape index (κ3) is 3.72. The van der Waals surface area contributed by atoms with Gasteiger partial charge in [0.25, 0.3) is 0 Å². The Hall–Kier alpha value is -2.56. The molecule has 0 saturated carbocycles. The maximum Gasteiger partial charge on any atom is 0.335 e. The van der Waals surface area contributed by atoms with Gasteiger partial charge >= 0.3 is 5.97 Å². The van der Waals surface area contributed by atoms with Crippen molar-refractivity contribution in [2.24, 2.45) is 0 Å². The van der Waals surface area contributed by atoms with Crippen molar-refractivity contribution in [2.75, 3.05) is 6.61 Å². The van der Waals surface area contributed by atoms with Gasteiger partial charge in [0, 0.05) is 5.56 Å². The quantitative estimate of drug-likeness (QED) is 0.884. The molecule has 0 amide bonds. The van der Waals surface area contributed by atoms with Crippen molar-refractivity contribution in [3.8, 4) is 11.5 Å². The van der Waals surface area contributed by atoms with Crippen LogP contribution in [0.25, 0.3) is 0 Å². The Morgan fingerprint density at radius 2 is 1.90 bits per heavy atom. The lowest BCUT2D eigenvalue weighted by molar-refractivity contribution is 0.0696. The van der Waals surface area contributed by atoms with Crippen LogP contribution in [0.5, 0.6) is 11.5 Å². The van der Waals surface area contributed by atoms with Crippen LogP contribution in [0.3, 0.4) is 0 Å². The summed E-state index contributed by atoms with van der Waals surface area (Å²) in [7, 11) is 0. The summed E-state index contributed by atoms with van der Waals surface area (Å²) < 4.78 is 24.4. The highest BCUT2D eigenvalue weighted by Gasteiger charge is 2.11. The Balaban J connectivity index is 2.19. The lowest BCUT2D eigenvalue weighted by Crippen LogP contribution is -2.03. The maximum absolute atomic E-state index is 13.5. The number of carboxylic acids is 1. The van der Waals surface area contributed by atoms with Crippen LogP contribution in [-0.4, -0.2) is 17.7 Å². The minimum absolute atomic E-state index is 0.0408. The summed E-state index contributed by atoms with van der Waals surface area (Å²) in [6, 6.07) is 10.6. The fraction of sp³-hybridized carbons (Fsp3) is 0.188. The average Bonchev–Trinajstić information content (AvgIpc) is 2.47. The topological polar surface area (TPSA) is 55.8 Å². The summed E-state index contributed by atoms with van der Waals surface area (Å²) in [6.07, 6.45) is 0. The Labute approximate surface area is 121 Å². The van der Waals surface area contributed by atoms with E-state index in [2.05, 4.69) is 0 Å². The van der Waals surface area contributed by atoms with Crippen molar-refractivity contribution < 1.29 is 23.8 Å². The van der Waals surface area contributed by atoms with E-state index in [-0.39, 0.29) is 18.0 Å². The van der Waals surface area contributed by atoms with Crippen molar-refractivity contribution in [3.63, 3.8) is 0 Å². The second-order valence-corrected chi connectivity index (χ2v) is 4.28. The number of rotatable bonds is 6. The van der Waals surface area contributed by atoms with Crippen LogP contribution in [0.1, 0.15) is 22.8 Å². The number of ether oxygens (including phenoxy) is 2. The van der Waals surface area contributed by atoms with E-state index in [4.69, 9.17) is 14.6 Å². The van der Waals surface area contributed by atoms with E-state index in [0.29, 0.717) is 23.7 Å². The van der Waals surface area contributed by atoms with Crippen LogP contribution in [-0.2, 0) is 6.61 Å². The number of aromatic carboxylic acids is 1. The van der Waals surface area contributed by atoms with Crippen molar-refractivity contribution in [1.82, 2.24) is 0 Å². The van der Waals surface area contributed by atoms with Gasteiger partial charge in [-0.25, -0.2) is 9.18 Å². The summed E-state index contributed by atoms with van der Waals surface area (Å²) in [4.78, 5) is 10.9. The van der Waals surface area contributed by atoms with Gasteiger partial charge < -0.3 is 14.6 Å². The van der Waals surface area contributed by atoms with Crippen LogP contribution in [0, 0.1) is 5.82 Å². The molecule has 0 bridgehead atoms. The maximum atomic E-state index is 13.5. The van der Waals surface area contributed by atoms with E-state index in [1.54, 1.807) is 25.1 Å². The molecule has 0 aliphatic rings. The Morgan fingerprint density at radius 1 is 1.14 bits per heavy atom. The zero-order chi connectivity index (χ0) is 15.2. The molecule has 0 aliphatic carbocycles. The first-order chi connectivity index (χ1) is 10.1. The van der Waals surface area contributed by atoms with Gasteiger partial charge in [0.05, 0.1) is 12.2 Å². The molecule has 2 aromatic carbocycles. The SMILES string of the molecule is CCOc1cc(C(=O)O)ccc1OCc1ccccc1F. The molecule has 0 unspecified atom stereocenters. The minimum Gasteiger partial charge on any atom is -0.490 e. The minimum atomic E-state index is -1.04. The summed E-state index contributed by atoms with van der Waals surface area (Å²) in [5, 5.41) is 8.97. The molecule has 0 radical (unpaired) electrons. The van der Waals surface area contributed by atoms with Gasteiger partial charge in [0.1, 0.15) is 12.4 Å². The third-order valence-electron chi connectivity index (χ3n) is 2.83. The molecule has 0 aliphatic heterocycles. The highest BCUT2D eigenvalue weighted by molar-refractivity contribution is 5.88. The number of benzene rings is 2. The summed E-state index contributed by atoms with van der Waals surface area (Å²) in [5.74, 6) is -0.687. The number of hydrogen-bond donors (Lipinski definition) is 1. The first kappa shape index (κ1) is 14.8. The van der Waals surface area contributed by atoms with Crippen LogP contribution >= 0.6 is 0 Å². The fourth-order valence-electron chi connectivity index (χ4n) is 1.80. The first-order valence-corrected chi connectivity index (χ1v) is 6.48. The number of carboxylic acid groups (broad SMARTS) is 1. The molecular formula is C16H15FO4. The highest BCUT2D eigenvalue weighted by Crippen LogP contribution is 2.29. The van der Waals surface area contributed by atoms with Gasteiger partial charge in [-0.15, -0.1) is 0 Å². The zero-order valence-corrected chi connectivity index (χ0v) is 11.5. The molecule has 4 nitrogen and oxygen atoms in total. The Bertz CT molecular complexity index is 640. The van der Waals surface area contributed by atoms with Gasteiger partial charge in [-0.3, -0.25) is 0 Å². The van der Waals surface area contributed by atoms with Gasteiger partial charge in [-0.2, -0.15) is 0 Å². The highest BCUT2D eigenvalue weighted by atomic mass is 19.1. The van der Waals surface area contributed by atoms with Crippen molar-refractivity contribution >= 4 is 5.97 Å². The van der Waals surface area contributed by atoms with Gasteiger partial charge in [0.2, 0.25) is 0 Å². The van der Waals surface area contributed by atoms with Crippen molar-refractivity contribution in [1.29, 1.82) is 0 Å². The van der Waals surface area contributed by atoms with E-state index in [1.165, 1.54) is 24.3 Å². The Morgan fingerprint density at radius 3 is 2.57 bits per heavy atom. The summed E-state index contributed by atoms with van der Waals surface area (Å²) in [5.41, 5.74) is 0.527. The predicted molar refractivity (Wildman–Crippen MR) is 75.3 cm³/mol. The van der Waals surface area contributed by atoms with Crippen LogP contribution in [0.2, 0.25) is 0 Å². The molecule has 0 atom stereocenters. The first-order valence-electron chi connectivity index (χ1n) is 6.48. The molecule has 0 spiro atoms. The van der Waals surface area contributed by atoms with Gasteiger partial charge in [0.15, 0.2) is 11.5 Å². The molecular weight excluding hydrogens is 275 g/mol. The number of halogens is 1. The van der Waals surface area contributed by atoms with E-state index < -0.39 is 5.97 Å². The van der Waals surface area contributed by atoms with Crippen LogP contribution in [0.4, 0.5) is 4.39 Å². The Kier molecular flexibility index (Phi) is 4.77. The van der Waals surface area contributed by atoms with Crippen LogP contribution in [0.15, 0.2) is 42.5 Å². The molecule has 0 aromatic heterocycles. The van der Waals surface area contributed by atoms with E-state index in [1.807, 2.05) is 0 Å². The van der Waals surface area contributed by atoms with Gasteiger partial charge in [-0.1, -0.05) is 18.2 Å². The summed E-state index contributed by atoms with van der Waals surface area (Å²) in [6.45, 7) is 2.20. The molecule has 0 heterocycles. The number of carbonyl (C=O) groups is 1. The smallest absolute Gasteiger partial charge is 0.335 e. The van der Waals surface area contributed by atoms with E-state index >= 15 is 0 Å². The van der Waals surface area contributed by atoms with Gasteiger partial charge in [-0.05, 0) is 31.2 Å². The lowest BCUT2D eigenvalue weighted by Gasteiger charge is -2.13. The van der Waals surface area contributed by atoms with Crippen LogP contribution < -0.4 is 9.47 Å². The average molecular weight is 290 g/mol. The predicted octanol–water partition coefficient (Wildman–Crippen LogP) is 3.50. The largest absolute Gasteiger partial charge is 0.490 e. The molecule has 2 aromatic rings. The molecule has 110 valence electrons. The monoisotopic (exact) mass is 290 g/mol. The molecule has 21 heavy (non-hydrogen) atoms. The molecule has 2 rings (SSSR count). The second-order valence-electron chi connectivity index (χ2n) is 4.28. The lowest BCUT2D eigenvalue weighted by atomic mass is 10.2. The van der Waals surface area contributed by atoms with Crippen molar-refractivity contribution in [3.05, 3.63) is 59.4 Å². The fourth-order valence-corrected chi connectivity index (χ4v) is 1.80. The molecule has 1 N–H and O–H groups in total. The molecule has 5 heteroatoms. The standard InChI is InChI=1S/C16H15FO4/c1-2-20-15-9-11(16(18)19)7-8-14(15)21-10-12-5-3-4-6-13(12)17/h3-9H,2,10H2,1H3,(H,18,19). The summed E-state index contributed by atoms with van der Waals surface area (Å²) >= 11 is 0. The second kappa shape index (κ2) is 6.74. The van der Waals surface area contributed by atoms with E-state index in [0.717, 1.165) is 0 Å². The normalized spacial score (nSPS) is 10.2. The number of hydrogen-bond acceptors (Lipinski definition) is 3. The zero-order valence-electron chi connectivity index (χ0n) is 11.5. The third-order valence-corrected chi connectivity index (χ3v) is 2.83. The van der Waals surface area contributed by atoms with Crippen molar-refractivity contribution in [2.45, 2.75) is 13.5 Å².